The van der Waals surface area contributed by atoms with Crippen LogP contribution in [-0.4, -0.2) is 21.8 Å². The van der Waals surface area contributed by atoms with Gasteiger partial charge in [-0.25, -0.2) is 14.9 Å². The van der Waals surface area contributed by atoms with Gasteiger partial charge in [-0.1, -0.05) is 48.5 Å². The molecule has 3 atom stereocenters. The molecule has 0 saturated heterocycles. The Bertz CT molecular complexity index is 1030. The van der Waals surface area contributed by atoms with E-state index in [4.69, 9.17) is 9.62 Å². The minimum absolute atomic E-state index is 0.412. The molecular formula is C22H19FN2O3. The van der Waals surface area contributed by atoms with Crippen molar-refractivity contribution in [3.05, 3.63) is 77.8 Å². The van der Waals surface area contributed by atoms with Crippen LogP contribution in [0.3, 0.4) is 0 Å². The lowest BCUT2D eigenvalue weighted by Gasteiger charge is -2.06. The fourth-order valence-corrected chi connectivity index (χ4v) is 4.08. The number of carbonyl (C=O) groups excluding carboxylic acids is 1. The van der Waals surface area contributed by atoms with E-state index in [-0.39, 0.29) is 0 Å². The molecule has 0 aliphatic heterocycles. The number of amides is 1. The second-order valence-corrected chi connectivity index (χ2v) is 7.54. The van der Waals surface area contributed by atoms with Crippen LogP contribution in [0.1, 0.15) is 47.6 Å². The summed E-state index contributed by atoms with van der Waals surface area (Å²) in [6, 6.07) is 16.4. The molecule has 2 fully saturated rings. The number of benzene rings is 2. The smallest absolute Gasteiger partial charge is 0.282 e. The Morgan fingerprint density at radius 2 is 1.82 bits per heavy atom. The number of alkyl halides is 1. The number of halogens is 1. The summed E-state index contributed by atoms with van der Waals surface area (Å²) in [6.07, 6.45) is 3.89. The lowest BCUT2D eigenvalue weighted by atomic mass is 10.0. The van der Waals surface area contributed by atoms with E-state index in [9.17, 15) is 4.79 Å². The zero-order chi connectivity index (χ0) is 19.3. The zero-order valence-electron chi connectivity index (χ0n) is 15.0. The monoisotopic (exact) mass is 378 g/mol. The van der Waals surface area contributed by atoms with Crippen LogP contribution in [0, 0.1) is 0 Å². The van der Waals surface area contributed by atoms with Crippen LogP contribution in [0.25, 0.3) is 11.3 Å². The van der Waals surface area contributed by atoms with Crippen molar-refractivity contribution in [3.8, 4) is 11.3 Å². The largest absolute Gasteiger partial charge is 0.440 e. The molecule has 142 valence electrons. The van der Waals surface area contributed by atoms with Crippen molar-refractivity contribution in [2.45, 2.75) is 36.3 Å². The van der Waals surface area contributed by atoms with E-state index in [1.807, 2.05) is 36.4 Å². The number of nitrogens with one attached hydrogen (secondary N) is 1. The van der Waals surface area contributed by atoms with Gasteiger partial charge in [0.1, 0.15) is 0 Å². The molecule has 28 heavy (non-hydrogen) atoms. The maximum Gasteiger partial charge on any atom is 0.282 e. The van der Waals surface area contributed by atoms with Gasteiger partial charge in [0, 0.05) is 23.3 Å². The Morgan fingerprint density at radius 1 is 1.11 bits per heavy atom. The molecule has 0 spiro atoms. The van der Waals surface area contributed by atoms with Gasteiger partial charge in [-0.2, -0.15) is 0 Å². The van der Waals surface area contributed by atoms with Crippen molar-refractivity contribution in [2.75, 3.05) is 0 Å². The highest BCUT2D eigenvalue weighted by Crippen LogP contribution is 2.66. The molecule has 5 rings (SSSR count). The fourth-order valence-electron chi connectivity index (χ4n) is 4.08. The Labute approximate surface area is 161 Å². The van der Waals surface area contributed by atoms with Gasteiger partial charge in [-0.15, -0.1) is 0 Å². The molecule has 1 amide bonds. The van der Waals surface area contributed by atoms with Crippen molar-refractivity contribution in [3.63, 3.8) is 0 Å². The Hall–Kier alpha value is -2.99. The first kappa shape index (κ1) is 17.1. The Morgan fingerprint density at radius 3 is 2.54 bits per heavy atom. The SMILES string of the molecule is O=C(NO)C1(F)C(c2ccccc2)C1c1cccc(-c2cnc(C3CC3)o2)c1. The molecule has 3 unspecified atom stereocenters. The molecule has 3 aromatic rings. The number of rotatable bonds is 5. The van der Waals surface area contributed by atoms with Crippen molar-refractivity contribution >= 4 is 5.91 Å². The summed E-state index contributed by atoms with van der Waals surface area (Å²) in [7, 11) is 0. The van der Waals surface area contributed by atoms with E-state index < -0.39 is 23.4 Å². The van der Waals surface area contributed by atoms with Crippen LogP contribution in [0.2, 0.25) is 0 Å². The lowest BCUT2D eigenvalue weighted by Crippen LogP contribution is -2.33. The first-order valence-corrected chi connectivity index (χ1v) is 9.37. The number of nitrogens with zero attached hydrogens (tertiary/aromatic N) is 1. The van der Waals surface area contributed by atoms with Gasteiger partial charge in [-0.3, -0.25) is 10.0 Å². The molecule has 0 radical (unpaired) electrons. The summed E-state index contributed by atoms with van der Waals surface area (Å²) in [5.41, 5.74) is 1.49. The maximum atomic E-state index is 15.6. The number of aromatic nitrogens is 1. The third kappa shape index (κ3) is 2.64. The van der Waals surface area contributed by atoms with E-state index in [2.05, 4.69) is 4.98 Å². The summed E-state index contributed by atoms with van der Waals surface area (Å²) in [4.78, 5) is 16.5. The molecule has 2 aliphatic carbocycles. The van der Waals surface area contributed by atoms with Gasteiger partial charge >= 0.3 is 0 Å². The molecule has 2 aliphatic rings. The van der Waals surface area contributed by atoms with Crippen LogP contribution in [-0.2, 0) is 4.79 Å². The first-order valence-electron chi connectivity index (χ1n) is 9.37. The molecule has 2 N–H and O–H groups in total. The number of hydrogen-bond acceptors (Lipinski definition) is 4. The van der Waals surface area contributed by atoms with Crippen LogP contribution >= 0.6 is 0 Å². The summed E-state index contributed by atoms with van der Waals surface area (Å²) < 4.78 is 21.5. The molecule has 0 bridgehead atoms. The predicted molar refractivity (Wildman–Crippen MR) is 99.6 cm³/mol. The van der Waals surface area contributed by atoms with Crippen molar-refractivity contribution in [2.24, 2.45) is 0 Å². The molecule has 1 aromatic heterocycles. The van der Waals surface area contributed by atoms with Crippen LogP contribution in [0.15, 0.2) is 65.2 Å². The number of carbonyl (C=O) groups is 1. The van der Waals surface area contributed by atoms with E-state index in [1.165, 1.54) is 5.48 Å². The highest BCUT2D eigenvalue weighted by Gasteiger charge is 2.72. The quantitative estimate of drug-likeness (QED) is 0.512. The number of oxazole rings is 1. The van der Waals surface area contributed by atoms with Gasteiger partial charge in [0.25, 0.3) is 5.91 Å². The average molecular weight is 378 g/mol. The van der Waals surface area contributed by atoms with Gasteiger partial charge in [-0.05, 0) is 30.0 Å². The Balaban J connectivity index is 1.51. The minimum atomic E-state index is -2.20. The van der Waals surface area contributed by atoms with E-state index in [1.54, 1.807) is 24.4 Å². The number of hydrogen-bond donors (Lipinski definition) is 2. The number of hydroxylamine groups is 1. The molecule has 5 nitrogen and oxygen atoms in total. The van der Waals surface area contributed by atoms with Crippen LogP contribution < -0.4 is 5.48 Å². The normalized spacial score (nSPS) is 26.1. The molecule has 1 heterocycles. The summed E-state index contributed by atoms with van der Waals surface area (Å²) in [6.45, 7) is 0. The van der Waals surface area contributed by atoms with Crippen LogP contribution in [0.4, 0.5) is 4.39 Å². The standard InChI is InChI=1S/C22H19FN2O3/c23-22(21(26)25-27)18(13-5-2-1-3-6-13)19(22)16-8-4-7-15(11-16)17-12-24-20(28-17)14-9-10-14/h1-8,11-12,14,18-19,27H,9-10H2,(H,25,26). The molecule has 6 heteroatoms. The summed E-state index contributed by atoms with van der Waals surface area (Å²) >= 11 is 0. The van der Waals surface area contributed by atoms with Crippen LogP contribution in [0.5, 0.6) is 0 Å². The fraction of sp³-hybridized carbons (Fsp3) is 0.273. The molecular weight excluding hydrogens is 359 g/mol. The summed E-state index contributed by atoms with van der Waals surface area (Å²) in [5.74, 6) is -0.576. The zero-order valence-corrected chi connectivity index (χ0v) is 15.0. The topological polar surface area (TPSA) is 75.4 Å². The highest BCUT2D eigenvalue weighted by molar-refractivity contribution is 5.92. The van der Waals surface area contributed by atoms with Crippen molar-refractivity contribution in [1.82, 2.24) is 10.5 Å². The third-order valence-electron chi connectivity index (χ3n) is 5.72. The van der Waals surface area contributed by atoms with Crippen molar-refractivity contribution < 1.29 is 18.8 Å². The predicted octanol–water partition coefficient (Wildman–Crippen LogP) is 4.31. The highest BCUT2D eigenvalue weighted by atomic mass is 19.1. The van der Waals surface area contributed by atoms with Gasteiger partial charge < -0.3 is 4.42 Å². The maximum absolute atomic E-state index is 15.6. The third-order valence-corrected chi connectivity index (χ3v) is 5.72. The van der Waals surface area contributed by atoms with E-state index >= 15 is 4.39 Å². The van der Waals surface area contributed by atoms with E-state index in [0.717, 1.165) is 29.9 Å². The van der Waals surface area contributed by atoms with Gasteiger partial charge in [0.15, 0.2) is 11.7 Å². The lowest BCUT2D eigenvalue weighted by molar-refractivity contribution is -0.136. The summed E-state index contributed by atoms with van der Waals surface area (Å²) in [5, 5.41) is 9.07. The minimum Gasteiger partial charge on any atom is -0.440 e. The van der Waals surface area contributed by atoms with Gasteiger partial charge in [0.2, 0.25) is 5.67 Å². The second-order valence-electron chi connectivity index (χ2n) is 7.54. The van der Waals surface area contributed by atoms with Crippen molar-refractivity contribution in [1.29, 1.82) is 0 Å². The second kappa shape index (κ2) is 6.27. The average Bonchev–Trinajstić information content (AvgIpc) is 3.64. The molecule has 2 saturated carbocycles. The molecule has 2 aromatic carbocycles. The van der Waals surface area contributed by atoms with E-state index in [0.29, 0.717) is 17.2 Å². The van der Waals surface area contributed by atoms with Gasteiger partial charge in [0.05, 0.1) is 6.20 Å². The Kier molecular flexibility index (Phi) is 3.84. The first-order chi connectivity index (χ1) is 13.6.